The van der Waals surface area contributed by atoms with Gasteiger partial charge in [-0.15, -0.1) is 0 Å². The summed E-state index contributed by atoms with van der Waals surface area (Å²) in [4.78, 5) is 3.58. The Morgan fingerprint density at radius 2 is 1.43 bits per heavy atom. The highest BCUT2D eigenvalue weighted by Gasteiger charge is 2.27. The van der Waals surface area contributed by atoms with Crippen molar-refractivity contribution < 1.29 is 8.63 Å². The van der Waals surface area contributed by atoms with E-state index in [1.54, 1.807) is 0 Å². The summed E-state index contributed by atoms with van der Waals surface area (Å²) in [5.41, 5.74) is 7.02. The van der Waals surface area contributed by atoms with Gasteiger partial charge in [-0.3, -0.25) is 8.63 Å². The molecule has 2 aromatic heterocycles. The monoisotopic (exact) mass is 526 g/mol. The first kappa shape index (κ1) is 25.6. The molecular formula is C35H29BF2N2. The average molecular weight is 526 g/mol. The summed E-state index contributed by atoms with van der Waals surface area (Å²) in [5, 5.41) is 5.19. The van der Waals surface area contributed by atoms with Crippen molar-refractivity contribution in [1.82, 2.24) is 9.46 Å². The Kier molecular flexibility index (Phi) is 6.51. The maximum Gasteiger partial charge on any atom is 0.678 e. The van der Waals surface area contributed by atoms with Gasteiger partial charge in [0.1, 0.15) is 0 Å². The zero-order valence-corrected chi connectivity index (χ0v) is 22.8. The van der Waals surface area contributed by atoms with Gasteiger partial charge in [-0.25, -0.2) is 0 Å². The van der Waals surface area contributed by atoms with Crippen LogP contribution in [0.3, 0.4) is 0 Å². The smallest absolute Gasteiger partial charge is 0.354 e. The predicted octanol–water partition coefficient (Wildman–Crippen LogP) is 7.53. The number of aromatic amines is 1. The van der Waals surface area contributed by atoms with Gasteiger partial charge in [-0.2, -0.15) is 0 Å². The van der Waals surface area contributed by atoms with Crippen molar-refractivity contribution in [3.8, 4) is 22.4 Å². The molecule has 0 amide bonds. The van der Waals surface area contributed by atoms with Crippen LogP contribution in [0, 0.1) is 31.3 Å². The van der Waals surface area contributed by atoms with Gasteiger partial charge in [0.25, 0.3) is 0 Å². The van der Waals surface area contributed by atoms with Crippen LogP contribution >= 0.6 is 0 Å². The van der Waals surface area contributed by atoms with Crippen LogP contribution in [0.25, 0.3) is 45.8 Å². The van der Waals surface area contributed by atoms with Crippen LogP contribution in [-0.4, -0.2) is 16.9 Å². The highest BCUT2D eigenvalue weighted by molar-refractivity contribution is 6.43. The van der Waals surface area contributed by atoms with Gasteiger partial charge in [0, 0.05) is 43.6 Å². The van der Waals surface area contributed by atoms with E-state index in [4.69, 9.17) is 0 Å². The zero-order valence-electron chi connectivity index (χ0n) is 22.8. The third-order valence-electron chi connectivity index (χ3n) is 7.52. The van der Waals surface area contributed by atoms with E-state index in [1.807, 2.05) is 91.9 Å². The van der Waals surface area contributed by atoms with Gasteiger partial charge in [-0.1, -0.05) is 109 Å². The molecular weight excluding hydrogens is 497 g/mol. The Morgan fingerprint density at radius 3 is 2.10 bits per heavy atom. The molecule has 0 atom stereocenters. The Balaban J connectivity index is 1.75. The van der Waals surface area contributed by atoms with Crippen LogP contribution in [0.15, 0.2) is 97.1 Å². The van der Waals surface area contributed by atoms with Gasteiger partial charge in [0.05, 0.1) is 0 Å². The van der Waals surface area contributed by atoms with Gasteiger partial charge in [0.2, 0.25) is 0 Å². The minimum absolute atomic E-state index is 0.460. The highest BCUT2D eigenvalue weighted by Crippen LogP contribution is 2.35. The van der Waals surface area contributed by atoms with E-state index in [1.165, 1.54) is 0 Å². The molecule has 1 N–H and O–H groups in total. The number of hydrogen-bond donors (Lipinski definition) is 1. The SMILES string of the molecule is C=c1cc(C)cc(C)/c1=c1/cc(-c2ccccc2)/c(=C/c2c3ccccc3c(-c3ccc(C)cc3)n2B(F)F)[nH]1. The van der Waals surface area contributed by atoms with E-state index in [2.05, 4.69) is 43.6 Å². The molecule has 2 heterocycles. The second-order valence-corrected chi connectivity index (χ2v) is 10.4. The van der Waals surface area contributed by atoms with Crippen LogP contribution in [0.1, 0.15) is 22.4 Å². The zero-order chi connectivity index (χ0) is 28.0. The first-order chi connectivity index (χ1) is 19.3. The van der Waals surface area contributed by atoms with Gasteiger partial charge >= 0.3 is 7.40 Å². The normalized spacial score (nSPS) is 12.8. The summed E-state index contributed by atoms with van der Waals surface area (Å²) in [6, 6.07) is 31.7. The third-order valence-corrected chi connectivity index (χ3v) is 7.52. The van der Waals surface area contributed by atoms with Crippen molar-refractivity contribution >= 4 is 30.8 Å². The third kappa shape index (κ3) is 4.48. The number of nitrogens with one attached hydrogen (secondary N) is 1. The summed E-state index contributed by atoms with van der Waals surface area (Å²) >= 11 is 0. The molecule has 196 valence electrons. The Hall–Kier alpha value is -4.64. The summed E-state index contributed by atoms with van der Waals surface area (Å²) in [6.45, 7) is 10.4. The maximum atomic E-state index is 15.0. The van der Waals surface area contributed by atoms with Crippen molar-refractivity contribution in [2.24, 2.45) is 0 Å². The molecule has 0 radical (unpaired) electrons. The average Bonchev–Trinajstić information content (AvgIpc) is 3.49. The molecule has 4 aromatic carbocycles. The lowest BCUT2D eigenvalue weighted by atomic mass is 10.0. The summed E-state index contributed by atoms with van der Waals surface area (Å²) < 4.78 is 31.1. The second-order valence-electron chi connectivity index (χ2n) is 10.4. The molecule has 0 fully saturated rings. The number of halogens is 2. The van der Waals surface area contributed by atoms with Gasteiger partial charge in [-0.05, 0) is 54.8 Å². The van der Waals surface area contributed by atoms with E-state index in [0.29, 0.717) is 11.4 Å². The van der Waals surface area contributed by atoms with Crippen molar-refractivity contribution in [1.29, 1.82) is 0 Å². The largest absolute Gasteiger partial charge is 0.678 e. The lowest BCUT2D eigenvalue weighted by Crippen LogP contribution is -2.17. The fourth-order valence-corrected chi connectivity index (χ4v) is 5.80. The molecule has 0 saturated heterocycles. The molecule has 0 spiro atoms. The van der Waals surface area contributed by atoms with Crippen molar-refractivity contribution in [3.05, 3.63) is 141 Å². The molecule has 0 bridgehead atoms. The number of nitrogens with zero attached hydrogens (tertiary/aromatic N) is 1. The van der Waals surface area contributed by atoms with Crippen molar-refractivity contribution in [2.75, 3.05) is 0 Å². The molecule has 2 nitrogen and oxygen atoms in total. The first-order valence-electron chi connectivity index (χ1n) is 13.4. The number of benzene rings is 4. The molecule has 40 heavy (non-hydrogen) atoms. The van der Waals surface area contributed by atoms with E-state index in [0.717, 1.165) is 69.8 Å². The van der Waals surface area contributed by atoms with E-state index < -0.39 is 7.40 Å². The maximum absolute atomic E-state index is 15.0. The summed E-state index contributed by atoms with van der Waals surface area (Å²) in [7, 11) is -2.73. The Bertz CT molecular complexity index is 2070. The van der Waals surface area contributed by atoms with E-state index in [-0.39, 0.29) is 0 Å². The fraction of sp³-hybridized carbons (Fsp3) is 0.0857. The standard InChI is InChI=1S/C35H29BF2N2/c1-22-14-16-27(17-15-22)35-29-13-9-8-12-28(29)33(40(35)36(37)38)21-31-30(26-10-6-5-7-11-26)20-32(39-31)34-24(3)18-23(2)19-25(34)4/h5-21,39H,3H2,1-2,4H3/b31-21-,34-32-. The number of fused-ring (bicyclic) bond motifs is 1. The molecule has 0 aliphatic heterocycles. The van der Waals surface area contributed by atoms with E-state index in [9.17, 15) is 8.63 Å². The first-order valence-corrected chi connectivity index (χ1v) is 13.4. The quantitative estimate of drug-likeness (QED) is 0.229. The predicted molar refractivity (Wildman–Crippen MR) is 164 cm³/mol. The van der Waals surface area contributed by atoms with Crippen LogP contribution in [-0.2, 0) is 0 Å². The minimum Gasteiger partial charge on any atom is -0.354 e. The Labute approximate surface area is 232 Å². The molecule has 0 saturated carbocycles. The number of aryl methyl sites for hydroxylation is 3. The van der Waals surface area contributed by atoms with Gasteiger partial charge in [0.15, 0.2) is 0 Å². The lowest BCUT2D eigenvalue weighted by Gasteiger charge is -2.09. The number of hydrogen-bond acceptors (Lipinski definition) is 0. The molecule has 6 rings (SSSR count). The van der Waals surface area contributed by atoms with E-state index >= 15 is 0 Å². The molecule has 5 heteroatoms. The fourth-order valence-electron chi connectivity index (χ4n) is 5.80. The van der Waals surface area contributed by atoms with Crippen LogP contribution < -0.4 is 10.6 Å². The molecule has 0 aliphatic rings. The van der Waals surface area contributed by atoms with Crippen LogP contribution in [0.5, 0.6) is 0 Å². The second kappa shape index (κ2) is 10.2. The molecule has 0 aliphatic carbocycles. The minimum atomic E-state index is -2.73. The number of aromatic nitrogens is 2. The van der Waals surface area contributed by atoms with Crippen molar-refractivity contribution in [2.45, 2.75) is 20.8 Å². The highest BCUT2D eigenvalue weighted by atomic mass is 19.2. The van der Waals surface area contributed by atoms with Crippen molar-refractivity contribution in [3.63, 3.8) is 0 Å². The summed E-state index contributed by atoms with van der Waals surface area (Å²) in [5.74, 6) is 0. The number of rotatable bonds is 4. The van der Waals surface area contributed by atoms with Crippen LogP contribution in [0.2, 0.25) is 0 Å². The Morgan fingerprint density at radius 1 is 0.750 bits per heavy atom. The topological polar surface area (TPSA) is 20.7 Å². The molecule has 6 aromatic rings. The van der Waals surface area contributed by atoms with Gasteiger partial charge < -0.3 is 9.46 Å². The summed E-state index contributed by atoms with van der Waals surface area (Å²) in [6.07, 6.45) is 1.87. The van der Waals surface area contributed by atoms with Crippen LogP contribution in [0.4, 0.5) is 8.63 Å². The molecule has 0 unspecified atom stereocenters. The number of H-pyrrole nitrogens is 1. The lowest BCUT2D eigenvalue weighted by molar-refractivity contribution is 0.631.